The molecule has 5 aliphatic rings. The molecule has 1 spiro atoms. The van der Waals surface area contributed by atoms with Crippen molar-refractivity contribution in [3.05, 3.63) is 0 Å². The van der Waals surface area contributed by atoms with Crippen molar-refractivity contribution in [2.75, 3.05) is 13.2 Å². The Morgan fingerprint density at radius 3 is 2.38 bits per heavy atom. The first kappa shape index (κ1) is 16.1. The van der Waals surface area contributed by atoms with Crippen molar-refractivity contribution < 1.29 is 9.47 Å². The summed E-state index contributed by atoms with van der Waals surface area (Å²) in [7, 11) is 0. The van der Waals surface area contributed by atoms with Crippen molar-refractivity contribution in [3.63, 3.8) is 0 Å². The zero-order chi connectivity index (χ0) is 16.6. The zero-order valence-electron chi connectivity index (χ0n) is 15.6. The average molecular weight is 334 g/mol. The highest BCUT2D eigenvalue weighted by Gasteiger charge is 2.67. The molecule has 3 heteroatoms. The third-order valence-electron chi connectivity index (χ3n) is 9.50. The van der Waals surface area contributed by atoms with Crippen LogP contribution in [0.25, 0.3) is 0 Å². The quantitative estimate of drug-likeness (QED) is 0.726. The molecule has 0 amide bonds. The molecule has 5 rings (SSSR count). The van der Waals surface area contributed by atoms with Gasteiger partial charge in [0.2, 0.25) is 0 Å². The van der Waals surface area contributed by atoms with Crippen LogP contribution < -0.4 is 5.73 Å². The van der Waals surface area contributed by atoms with Crippen molar-refractivity contribution in [2.45, 2.75) is 83.5 Å². The van der Waals surface area contributed by atoms with E-state index < -0.39 is 0 Å². The van der Waals surface area contributed by atoms with Gasteiger partial charge in [-0.1, -0.05) is 13.8 Å². The summed E-state index contributed by atoms with van der Waals surface area (Å²) in [5, 5.41) is 0. The fourth-order valence-corrected chi connectivity index (χ4v) is 8.18. The van der Waals surface area contributed by atoms with E-state index in [2.05, 4.69) is 13.8 Å². The maximum absolute atomic E-state index is 6.32. The monoisotopic (exact) mass is 333 g/mol. The molecule has 4 saturated carbocycles. The molecule has 0 aromatic heterocycles. The normalized spacial score (nSPS) is 55.9. The number of nitrogens with two attached hydrogens (primary N) is 1. The Morgan fingerprint density at radius 1 is 0.833 bits per heavy atom. The van der Waals surface area contributed by atoms with E-state index >= 15 is 0 Å². The van der Waals surface area contributed by atoms with Crippen LogP contribution in [0.4, 0.5) is 0 Å². The van der Waals surface area contributed by atoms with Crippen molar-refractivity contribution in [2.24, 2.45) is 40.2 Å². The predicted octanol–water partition coefficient (Wildman–Crippen LogP) is 4.10. The lowest BCUT2D eigenvalue weighted by Crippen LogP contribution is -2.57. The molecule has 5 fully saturated rings. The molecule has 0 bridgehead atoms. The minimum Gasteiger partial charge on any atom is -0.347 e. The van der Waals surface area contributed by atoms with Crippen molar-refractivity contribution in [1.29, 1.82) is 0 Å². The van der Waals surface area contributed by atoms with Crippen LogP contribution in [0, 0.1) is 34.5 Å². The van der Waals surface area contributed by atoms with Crippen LogP contribution in [0.5, 0.6) is 0 Å². The van der Waals surface area contributed by atoms with Crippen molar-refractivity contribution in [1.82, 2.24) is 0 Å². The Hall–Kier alpha value is -0.120. The summed E-state index contributed by atoms with van der Waals surface area (Å²) >= 11 is 0. The van der Waals surface area contributed by atoms with Crippen LogP contribution in [0.2, 0.25) is 0 Å². The molecule has 3 nitrogen and oxygen atoms in total. The van der Waals surface area contributed by atoms with Gasteiger partial charge in [-0.15, -0.1) is 0 Å². The van der Waals surface area contributed by atoms with E-state index in [9.17, 15) is 0 Å². The second-order valence-corrected chi connectivity index (χ2v) is 10.1. The lowest BCUT2D eigenvalue weighted by molar-refractivity contribution is -0.247. The smallest absolute Gasteiger partial charge is 0.174 e. The van der Waals surface area contributed by atoms with Crippen LogP contribution in [-0.4, -0.2) is 25.0 Å². The van der Waals surface area contributed by atoms with Crippen LogP contribution in [0.3, 0.4) is 0 Å². The van der Waals surface area contributed by atoms with E-state index in [1.165, 1.54) is 51.4 Å². The summed E-state index contributed by atoms with van der Waals surface area (Å²) in [6.45, 7) is 6.72. The number of hydrogen-bond donors (Lipinski definition) is 1. The van der Waals surface area contributed by atoms with E-state index in [1.54, 1.807) is 0 Å². The molecule has 0 aromatic carbocycles. The summed E-state index contributed by atoms with van der Waals surface area (Å²) < 4.78 is 12.5. The molecule has 1 aliphatic heterocycles. The third-order valence-corrected chi connectivity index (χ3v) is 9.50. The summed E-state index contributed by atoms with van der Waals surface area (Å²) in [5.74, 6) is 3.25. The van der Waals surface area contributed by atoms with Gasteiger partial charge >= 0.3 is 0 Å². The van der Waals surface area contributed by atoms with Crippen LogP contribution in [0.15, 0.2) is 0 Å². The molecule has 1 heterocycles. The number of fused-ring (bicyclic) bond motifs is 6. The van der Waals surface area contributed by atoms with Gasteiger partial charge in [-0.3, -0.25) is 0 Å². The number of rotatable bonds is 0. The number of ether oxygens (including phenoxy) is 2. The van der Waals surface area contributed by atoms with E-state index in [4.69, 9.17) is 15.2 Å². The molecular formula is C21H35NO2. The Labute approximate surface area is 147 Å². The zero-order valence-corrected chi connectivity index (χ0v) is 15.6. The fourth-order valence-electron chi connectivity index (χ4n) is 8.18. The summed E-state index contributed by atoms with van der Waals surface area (Å²) in [6, 6.07) is 0.462. The van der Waals surface area contributed by atoms with Gasteiger partial charge in [-0.2, -0.15) is 0 Å². The fraction of sp³-hybridized carbons (Fsp3) is 1.00. The maximum atomic E-state index is 6.32. The number of hydrogen-bond acceptors (Lipinski definition) is 3. The predicted molar refractivity (Wildman–Crippen MR) is 94.3 cm³/mol. The summed E-state index contributed by atoms with van der Waals surface area (Å²) in [4.78, 5) is 0. The van der Waals surface area contributed by atoms with Crippen molar-refractivity contribution in [3.8, 4) is 0 Å². The molecule has 2 N–H and O–H groups in total. The van der Waals surface area contributed by atoms with Gasteiger partial charge in [0.1, 0.15) is 0 Å². The minimum absolute atomic E-state index is 0.241. The first-order chi connectivity index (χ1) is 11.5. The average Bonchev–Trinajstić information content (AvgIpc) is 3.15. The van der Waals surface area contributed by atoms with Crippen molar-refractivity contribution >= 4 is 0 Å². The molecule has 0 unspecified atom stereocenters. The van der Waals surface area contributed by atoms with Crippen LogP contribution >= 0.6 is 0 Å². The molecule has 0 radical (unpaired) electrons. The topological polar surface area (TPSA) is 44.5 Å². The summed E-state index contributed by atoms with van der Waals surface area (Å²) in [5.41, 5.74) is 7.12. The van der Waals surface area contributed by atoms with Gasteiger partial charge in [-0.25, -0.2) is 0 Å². The van der Waals surface area contributed by atoms with Gasteiger partial charge < -0.3 is 15.2 Å². The molecule has 24 heavy (non-hydrogen) atoms. The summed E-state index contributed by atoms with van der Waals surface area (Å²) in [6.07, 6.45) is 11.8. The standard InChI is InChI=1S/C21H35NO2/c1-19-8-5-15(22)13-14(19)3-4-16-17(19)6-9-20(2)18(16)7-10-21(20)23-11-12-24-21/h14-18H,3-13,22H2,1-2H3/t14-,15+,16+,17-,18-,19-,20-/m0/s1. The highest BCUT2D eigenvalue weighted by Crippen LogP contribution is 2.69. The highest BCUT2D eigenvalue weighted by molar-refractivity contribution is 5.12. The van der Waals surface area contributed by atoms with Crippen LogP contribution in [-0.2, 0) is 9.47 Å². The van der Waals surface area contributed by atoms with Gasteiger partial charge in [0.15, 0.2) is 5.79 Å². The molecule has 1 saturated heterocycles. The molecular weight excluding hydrogens is 298 g/mol. The Kier molecular flexibility index (Phi) is 3.49. The largest absolute Gasteiger partial charge is 0.347 e. The van der Waals surface area contributed by atoms with Gasteiger partial charge in [0.25, 0.3) is 0 Å². The van der Waals surface area contributed by atoms with E-state index in [0.717, 1.165) is 43.3 Å². The molecule has 4 aliphatic carbocycles. The molecule has 0 aromatic rings. The second-order valence-electron chi connectivity index (χ2n) is 10.1. The van der Waals surface area contributed by atoms with Gasteiger partial charge in [0.05, 0.1) is 13.2 Å². The first-order valence-corrected chi connectivity index (χ1v) is 10.5. The highest BCUT2D eigenvalue weighted by atomic mass is 16.7. The first-order valence-electron chi connectivity index (χ1n) is 10.5. The minimum atomic E-state index is -0.241. The van der Waals surface area contributed by atoms with Crippen LogP contribution in [0.1, 0.15) is 71.6 Å². The molecule has 136 valence electrons. The Balaban J connectivity index is 1.45. The van der Waals surface area contributed by atoms with Gasteiger partial charge in [-0.05, 0) is 80.5 Å². The molecule has 7 atom stereocenters. The third kappa shape index (κ3) is 1.90. The Bertz CT molecular complexity index is 516. The second kappa shape index (κ2) is 5.20. The van der Waals surface area contributed by atoms with E-state index in [1.807, 2.05) is 0 Å². The lowest BCUT2D eigenvalue weighted by atomic mass is 9.45. The Morgan fingerprint density at radius 2 is 1.58 bits per heavy atom. The SMILES string of the molecule is C[C@]12CC[C@@H](N)C[C@@H]1CC[C@@H]1[C@@H]2CC[C@@]2(C)[C@H]1CCC21OCCO1. The maximum Gasteiger partial charge on any atom is 0.174 e. The van der Waals surface area contributed by atoms with E-state index in [0.29, 0.717) is 11.5 Å². The van der Waals surface area contributed by atoms with E-state index in [-0.39, 0.29) is 11.2 Å². The van der Waals surface area contributed by atoms with Gasteiger partial charge in [0, 0.05) is 17.9 Å². The lowest BCUT2D eigenvalue weighted by Gasteiger charge is -2.61.